The molecule has 0 radical (unpaired) electrons. The van der Waals surface area contributed by atoms with Crippen LogP contribution in [0.4, 0.5) is 10.1 Å². The lowest BCUT2D eigenvalue weighted by Gasteiger charge is -2.20. The van der Waals surface area contributed by atoms with Crippen LogP contribution in [0.2, 0.25) is 5.02 Å². The fraction of sp³-hybridized carbons (Fsp3) is 0.222. The molecule has 0 bridgehead atoms. The van der Waals surface area contributed by atoms with Crippen LogP contribution in [0.15, 0.2) is 30.3 Å². The molecular formula is C18H14ClFINO4. The smallest absolute Gasteiger partial charge is 0.337 e. The maximum Gasteiger partial charge on any atom is 0.337 e. The second-order valence-electron chi connectivity index (χ2n) is 6.01. The SMILES string of the molecule is COC(=O)c1cc(I)c2c(c1)N(Cc1c(F)cccc1Cl)C(=O)C2(C)O. The molecule has 1 unspecified atom stereocenters. The molecule has 1 aliphatic rings. The summed E-state index contributed by atoms with van der Waals surface area (Å²) in [5, 5.41) is 10.9. The van der Waals surface area contributed by atoms with Gasteiger partial charge in [0.1, 0.15) is 5.82 Å². The van der Waals surface area contributed by atoms with Crippen molar-refractivity contribution in [1.82, 2.24) is 0 Å². The van der Waals surface area contributed by atoms with Crippen LogP contribution in [0.1, 0.15) is 28.4 Å². The number of hydrogen-bond acceptors (Lipinski definition) is 4. The van der Waals surface area contributed by atoms with Gasteiger partial charge in [-0.3, -0.25) is 4.79 Å². The highest BCUT2D eigenvalue weighted by Gasteiger charge is 2.48. The highest BCUT2D eigenvalue weighted by atomic mass is 127. The lowest BCUT2D eigenvalue weighted by atomic mass is 9.97. The summed E-state index contributed by atoms with van der Waals surface area (Å²) in [6.45, 7) is 1.20. The first-order chi connectivity index (χ1) is 12.2. The Kier molecular flexibility index (Phi) is 4.98. The largest absolute Gasteiger partial charge is 0.465 e. The lowest BCUT2D eigenvalue weighted by Crippen LogP contribution is -2.38. The van der Waals surface area contributed by atoms with Crippen LogP contribution >= 0.6 is 34.2 Å². The van der Waals surface area contributed by atoms with E-state index in [4.69, 9.17) is 16.3 Å². The molecule has 2 aromatic rings. The maximum absolute atomic E-state index is 14.2. The van der Waals surface area contributed by atoms with Gasteiger partial charge in [-0.1, -0.05) is 17.7 Å². The number of amides is 1. The molecule has 26 heavy (non-hydrogen) atoms. The van der Waals surface area contributed by atoms with Crippen LogP contribution in [-0.2, 0) is 21.7 Å². The molecule has 1 N–H and O–H groups in total. The quantitative estimate of drug-likeness (QED) is 0.528. The number of carbonyl (C=O) groups excluding carboxylic acids is 2. The van der Waals surface area contributed by atoms with Crippen molar-refractivity contribution in [3.05, 3.63) is 61.4 Å². The second-order valence-corrected chi connectivity index (χ2v) is 7.58. The van der Waals surface area contributed by atoms with Crippen molar-refractivity contribution in [3.8, 4) is 0 Å². The number of esters is 1. The van der Waals surface area contributed by atoms with E-state index in [1.165, 1.54) is 49.3 Å². The van der Waals surface area contributed by atoms with Gasteiger partial charge in [0.15, 0.2) is 5.60 Å². The third kappa shape index (κ3) is 2.97. The van der Waals surface area contributed by atoms with Crippen LogP contribution in [0.25, 0.3) is 0 Å². The Morgan fingerprint density at radius 3 is 2.73 bits per heavy atom. The van der Waals surface area contributed by atoms with Crippen LogP contribution < -0.4 is 4.90 Å². The monoisotopic (exact) mass is 489 g/mol. The number of halogens is 3. The van der Waals surface area contributed by atoms with E-state index in [1.54, 1.807) is 0 Å². The average molecular weight is 490 g/mol. The number of aliphatic hydroxyl groups is 1. The molecule has 8 heteroatoms. The topological polar surface area (TPSA) is 66.8 Å². The summed E-state index contributed by atoms with van der Waals surface area (Å²) < 4.78 is 19.4. The Labute approximate surface area is 167 Å². The van der Waals surface area contributed by atoms with Gasteiger partial charge in [-0.2, -0.15) is 0 Å². The zero-order chi connectivity index (χ0) is 19.2. The molecule has 1 aliphatic heterocycles. The molecule has 0 spiro atoms. The minimum absolute atomic E-state index is 0.129. The molecule has 0 saturated carbocycles. The van der Waals surface area contributed by atoms with Crippen molar-refractivity contribution in [1.29, 1.82) is 0 Å². The molecule has 1 heterocycles. The molecule has 2 aromatic carbocycles. The molecule has 0 saturated heterocycles. The van der Waals surface area contributed by atoms with Crippen molar-refractivity contribution in [2.45, 2.75) is 19.1 Å². The van der Waals surface area contributed by atoms with E-state index in [1.807, 2.05) is 22.6 Å². The van der Waals surface area contributed by atoms with Crippen molar-refractivity contribution >= 4 is 51.8 Å². The standard InChI is InChI=1S/C18H14ClFINO4/c1-18(25)15-13(21)6-9(16(23)26-2)7-14(15)22(17(18)24)8-10-11(19)4-3-5-12(10)20/h3-7,25H,8H2,1-2H3. The first kappa shape index (κ1) is 19.1. The highest BCUT2D eigenvalue weighted by Crippen LogP contribution is 2.44. The predicted octanol–water partition coefficient (Wildman–Crippen LogP) is 3.62. The molecule has 5 nitrogen and oxygen atoms in total. The first-order valence-corrected chi connectivity index (χ1v) is 9.03. The number of fused-ring (bicyclic) bond motifs is 1. The third-order valence-corrected chi connectivity index (χ3v) is 5.51. The summed E-state index contributed by atoms with van der Waals surface area (Å²) in [4.78, 5) is 25.9. The molecule has 0 fully saturated rings. The number of rotatable bonds is 3. The van der Waals surface area contributed by atoms with Crippen molar-refractivity contribution in [3.63, 3.8) is 0 Å². The first-order valence-electron chi connectivity index (χ1n) is 7.58. The molecule has 1 amide bonds. The third-order valence-electron chi connectivity index (χ3n) is 4.31. The zero-order valence-corrected chi connectivity index (χ0v) is 16.8. The Balaban J connectivity index is 2.16. The van der Waals surface area contributed by atoms with E-state index in [2.05, 4.69) is 0 Å². The summed E-state index contributed by atoms with van der Waals surface area (Å²) >= 11 is 8.02. The molecule has 0 aromatic heterocycles. The molecule has 1 atom stereocenters. The minimum Gasteiger partial charge on any atom is -0.465 e. The van der Waals surface area contributed by atoms with Gasteiger partial charge < -0.3 is 14.7 Å². The molecule has 0 aliphatic carbocycles. The normalized spacial score (nSPS) is 18.8. The summed E-state index contributed by atoms with van der Waals surface area (Å²) in [7, 11) is 1.25. The van der Waals surface area contributed by atoms with Crippen molar-refractivity contribution in [2.75, 3.05) is 12.0 Å². The predicted molar refractivity (Wildman–Crippen MR) is 103 cm³/mol. The molecular weight excluding hydrogens is 476 g/mol. The van der Waals surface area contributed by atoms with E-state index in [0.29, 0.717) is 14.8 Å². The van der Waals surface area contributed by atoms with Gasteiger partial charge in [-0.15, -0.1) is 0 Å². The van der Waals surface area contributed by atoms with E-state index in [9.17, 15) is 19.1 Å². The van der Waals surface area contributed by atoms with Crippen LogP contribution in [-0.4, -0.2) is 24.1 Å². The van der Waals surface area contributed by atoms with Gasteiger partial charge in [-0.25, -0.2) is 9.18 Å². The van der Waals surface area contributed by atoms with Gasteiger partial charge in [-0.05, 0) is 53.8 Å². The van der Waals surface area contributed by atoms with Crippen LogP contribution in [0.5, 0.6) is 0 Å². The van der Waals surface area contributed by atoms with E-state index in [0.717, 1.165) is 0 Å². The number of benzene rings is 2. The summed E-state index contributed by atoms with van der Waals surface area (Å²) in [6.07, 6.45) is 0. The number of ether oxygens (including phenoxy) is 1. The summed E-state index contributed by atoms with van der Waals surface area (Å²) in [6, 6.07) is 7.23. The number of anilines is 1. The van der Waals surface area contributed by atoms with Gasteiger partial charge in [0, 0.05) is 19.7 Å². The molecule has 3 rings (SSSR count). The fourth-order valence-electron chi connectivity index (χ4n) is 3.00. The number of methoxy groups -OCH3 is 1. The minimum atomic E-state index is -1.79. The average Bonchev–Trinajstić information content (AvgIpc) is 2.77. The number of nitrogens with zero attached hydrogens (tertiary/aromatic N) is 1. The van der Waals surface area contributed by atoms with E-state index < -0.39 is 23.3 Å². The summed E-state index contributed by atoms with van der Waals surface area (Å²) in [5.74, 6) is -1.75. The Hall–Kier alpha value is -1.71. The highest BCUT2D eigenvalue weighted by molar-refractivity contribution is 14.1. The summed E-state index contributed by atoms with van der Waals surface area (Å²) in [5.41, 5.74) is -0.747. The number of hydrogen-bond donors (Lipinski definition) is 1. The fourth-order valence-corrected chi connectivity index (χ4v) is 4.36. The lowest BCUT2D eigenvalue weighted by molar-refractivity contribution is -0.134. The van der Waals surface area contributed by atoms with Crippen molar-refractivity contribution in [2.24, 2.45) is 0 Å². The Morgan fingerprint density at radius 1 is 1.42 bits per heavy atom. The van der Waals surface area contributed by atoms with Gasteiger partial charge in [0.05, 0.1) is 24.9 Å². The maximum atomic E-state index is 14.2. The van der Waals surface area contributed by atoms with Crippen LogP contribution in [0, 0.1) is 9.39 Å². The van der Waals surface area contributed by atoms with E-state index in [-0.39, 0.29) is 22.7 Å². The van der Waals surface area contributed by atoms with Gasteiger partial charge in [0.25, 0.3) is 5.91 Å². The van der Waals surface area contributed by atoms with Crippen LogP contribution in [0.3, 0.4) is 0 Å². The van der Waals surface area contributed by atoms with Gasteiger partial charge in [0.2, 0.25) is 0 Å². The number of carbonyl (C=O) groups is 2. The zero-order valence-electron chi connectivity index (χ0n) is 13.8. The van der Waals surface area contributed by atoms with Crippen molar-refractivity contribution < 1.29 is 23.8 Å². The van der Waals surface area contributed by atoms with E-state index >= 15 is 0 Å². The molecule has 136 valence electrons. The van der Waals surface area contributed by atoms with Gasteiger partial charge >= 0.3 is 5.97 Å². The second kappa shape index (κ2) is 6.79. The Bertz CT molecular complexity index is 911. The Morgan fingerprint density at radius 2 is 2.12 bits per heavy atom.